The second-order valence-electron chi connectivity index (χ2n) is 6.68. The van der Waals surface area contributed by atoms with Gasteiger partial charge in [0.1, 0.15) is 22.0 Å². The molecule has 1 amide bonds. The van der Waals surface area contributed by atoms with Crippen LogP contribution in [0.25, 0.3) is 10.2 Å². The molecule has 1 aliphatic carbocycles. The van der Waals surface area contributed by atoms with Gasteiger partial charge in [0.05, 0.1) is 5.75 Å². The Labute approximate surface area is 168 Å². The highest BCUT2D eigenvalue weighted by Crippen LogP contribution is 2.39. The lowest BCUT2D eigenvalue weighted by Gasteiger charge is -2.12. The summed E-state index contributed by atoms with van der Waals surface area (Å²) in [5, 5.41) is 4.52. The zero-order valence-electron chi connectivity index (χ0n) is 15.5. The van der Waals surface area contributed by atoms with Gasteiger partial charge in [-0.15, -0.1) is 11.3 Å². The monoisotopic (exact) mass is 417 g/mol. The van der Waals surface area contributed by atoms with Gasteiger partial charge >= 0.3 is 5.69 Å². The van der Waals surface area contributed by atoms with Crippen LogP contribution in [0.3, 0.4) is 0 Å². The predicted molar refractivity (Wildman–Crippen MR) is 110 cm³/mol. The van der Waals surface area contributed by atoms with E-state index in [0.717, 1.165) is 39.1 Å². The minimum Gasteiger partial charge on any atom is -0.311 e. The first-order chi connectivity index (χ1) is 13.5. The van der Waals surface area contributed by atoms with Gasteiger partial charge in [-0.1, -0.05) is 11.8 Å². The fraction of sp³-hybridized carbons (Fsp3) is 0.389. The Balaban J connectivity index is 1.54. The van der Waals surface area contributed by atoms with Crippen molar-refractivity contribution in [1.82, 2.24) is 19.1 Å². The summed E-state index contributed by atoms with van der Waals surface area (Å²) in [4.78, 5) is 47.3. The van der Waals surface area contributed by atoms with Gasteiger partial charge in [-0.3, -0.25) is 18.7 Å². The quantitative estimate of drug-likeness (QED) is 0.512. The number of nitrogens with zero attached hydrogens (tertiary/aromatic N) is 4. The van der Waals surface area contributed by atoms with E-state index < -0.39 is 11.2 Å². The third-order valence-electron chi connectivity index (χ3n) is 4.85. The summed E-state index contributed by atoms with van der Waals surface area (Å²) in [5.41, 5.74) is 0.370. The van der Waals surface area contributed by atoms with Crippen LogP contribution in [0.2, 0.25) is 0 Å². The van der Waals surface area contributed by atoms with Crippen LogP contribution in [-0.4, -0.2) is 30.8 Å². The number of anilines is 1. The van der Waals surface area contributed by atoms with E-state index in [4.69, 9.17) is 0 Å². The lowest BCUT2D eigenvalue weighted by Crippen LogP contribution is -2.38. The van der Waals surface area contributed by atoms with Crippen molar-refractivity contribution >= 4 is 45.0 Å². The average Bonchev–Trinajstić information content (AvgIpc) is 3.08. The summed E-state index contributed by atoms with van der Waals surface area (Å²) in [7, 11) is 2.91. The van der Waals surface area contributed by atoms with Crippen molar-refractivity contribution in [2.75, 3.05) is 11.1 Å². The maximum absolute atomic E-state index is 12.4. The molecule has 0 unspecified atom stereocenters. The number of aromatic nitrogens is 4. The Morgan fingerprint density at radius 3 is 2.82 bits per heavy atom. The molecule has 0 aromatic carbocycles. The normalized spacial score (nSPS) is 13.5. The number of amides is 1. The molecule has 10 heteroatoms. The van der Waals surface area contributed by atoms with Crippen molar-refractivity contribution in [3.63, 3.8) is 0 Å². The molecular weight excluding hydrogens is 398 g/mol. The maximum Gasteiger partial charge on any atom is 0.332 e. The number of thiophene rings is 1. The standard InChI is InChI=1S/C18H19N5O3S2/c1-22-12(7-14(25)23(2)18(22)26)21-13(24)8-27-16-15-10-5-3-4-6-11(10)28-17(15)20-9-19-16/h7,9H,3-6,8H2,1-2H3,(H,21,24). The number of hydrogen-bond acceptors (Lipinski definition) is 7. The second-order valence-corrected chi connectivity index (χ2v) is 8.72. The molecule has 3 aromatic heterocycles. The Bertz CT molecular complexity index is 1190. The van der Waals surface area contributed by atoms with Crippen molar-refractivity contribution in [3.8, 4) is 0 Å². The molecule has 0 fully saturated rings. The fourth-order valence-electron chi connectivity index (χ4n) is 3.34. The summed E-state index contributed by atoms with van der Waals surface area (Å²) >= 11 is 3.06. The van der Waals surface area contributed by atoms with E-state index in [1.165, 1.54) is 59.7 Å². The van der Waals surface area contributed by atoms with E-state index in [-0.39, 0.29) is 17.5 Å². The summed E-state index contributed by atoms with van der Waals surface area (Å²) < 4.78 is 2.23. The van der Waals surface area contributed by atoms with Crippen LogP contribution in [0.1, 0.15) is 23.3 Å². The zero-order valence-corrected chi connectivity index (χ0v) is 17.2. The number of fused-ring (bicyclic) bond motifs is 3. The SMILES string of the molecule is Cn1c(NC(=O)CSc2ncnc3sc4c(c23)CCCC4)cc(=O)n(C)c1=O. The molecular formula is C18H19N5O3S2. The lowest BCUT2D eigenvalue weighted by atomic mass is 9.97. The van der Waals surface area contributed by atoms with E-state index in [1.807, 2.05) is 0 Å². The highest BCUT2D eigenvalue weighted by molar-refractivity contribution is 8.00. The third kappa shape index (κ3) is 3.37. The van der Waals surface area contributed by atoms with Crippen molar-refractivity contribution < 1.29 is 4.79 Å². The molecule has 146 valence electrons. The van der Waals surface area contributed by atoms with Gasteiger partial charge in [0.2, 0.25) is 5.91 Å². The predicted octanol–water partition coefficient (Wildman–Crippen LogP) is 1.70. The van der Waals surface area contributed by atoms with Gasteiger partial charge in [-0.05, 0) is 31.2 Å². The molecule has 3 aromatic rings. The molecule has 8 nitrogen and oxygen atoms in total. The minimum atomic E-state index is -0.488. The van der Waals surface area contributed by atoms with Crippen molar-refractivity contribution in [1.29, 1.82) is 0 Å². The van der Waals surface area contributed by atoms with Crippen LogP contribution in [-0.2, 0) is 31.7 Å². The number of aryl methyl sites for hydroxylation is 2. The van der Waals surface area contributed by atoms with Gasteiger partial charge in [-0.25, -0.2) is 14.8 Å². The second kappa shape index (κ2) is 7.51. The molecule has 1 N–H and O–H groups in total. The largest absolute Gasteiger partial charge is 0.332 e. The highest BCUT2D eigenvalue weighted by Gasteiger charge is 2.20. The highest BCUT2D eigenvalue weighted by atomic mass is 32.2. The number of hydrogen-bond donors (Lipinski definition) is 1. The number of nitrogens with one attached hydrogen (secondary N) is 1. The fourth-order valence-corrected chi connectivity index (χ4v) is 5.46. The van der Waals surface area contributed by atoms with Crippen LogP contribution in [0.4, 0.5) is 5.82 Å². The van der Waals surface area contributed by atoms with Crippen molar-refractivity contribution in [3.05, 3.63) is 43.7 Å². The van der Waals surface area contributed by atoms with Gasteiger partial charge in [0.15, 0.2) is 0 Å². The zero-order chi connectivity index (χ0) is 19.8. The molecule has 0 saturated carbocycles. The number of thioether (sulfide) groups is 1. The van der Waals surface area contributed by atoms with E-state index >= 15 is 0 Å². The number of carbonyl (C=O) groups is 1. The Morgan fingerprint density at radius 1 is 1.21 bits per heavy atom. The summed E-state index contributed by atoms with van der Waals surface area (Å²) in [6.07, 6.45) is 6.01. The molecule has 0 spiro atoms. The first kappa shape index (κ1) is 18.9. The summed E-state index contributed by atoms with van der Waals surface area (Å²) in [5.74, 6) is 0.00343. The minimum absolute atomic E-state index is 0.125. The number of carbonyl (C=O) groups excluding carboxylic acids is 1. The smallest absolute Gasteiger partial charge is 0.311 e. The third-order valence-corrected chi connectivity index (χ3v) is 7.04. The molecule has 1 aliphatic rings. The summed E-state index contributed by atoms with van der Waals surface area (Å²) in [6.45, 7) is 0. The van der Waals surface area contributed by atoms with Crippen LogP contribution >= 0.6 is 23.1 Å². The van der Waals surface area contributed by atoms with E-state index in [0.29, 0.717) is 0 Å². The van der Waals surface area contributed by atoms with Crippen molar-refractivity contribution in [2.24, 2.45) is 14.1 Å². The molecule has 0 bridgehead atoms. The summed E-state index contributed by atoms with van der Waals surface area (Å²) in [6, 6.07) is 1.24. The Morgan fingerprint density at radius 2 is 2.00 bits per heavy atom. The molecule has 0 radical (unpaired) electrons. The van der Waals surface area contributed by atoms with Crippen LogP contribution in [0, 0.1) is 0 Å². The van der Waals surface area contributed by atoms with Crippen molar-refractivity contribution in [2.45, 2.75) is 30.7 Å². The molecule has 0 atom stereocenters. The van der Waals surface area contributed by atoms with Crippen LogP contribution < -0.4 is 16.6 Å². The lowest BCUT2D eigenvalue weighted by molar-refractivity contribution is -0.113. The van der Waals surface area contributed by atoms with E-state index in [2.05, 4.69) is 15.3 Å². The van der Waals surface area contributed by atoms with Gasteiger partial charge in [0, 0.05) is 30.4 Å². The molecule has 0 aliphatic heterocycles. The Hall–Kier alpha value is -2.46. The molecule has 28 heavy (non-hydrogen) atoms. The van der Waals surface area contributed by atoms with Crippen LogP contribution in [0.15, 0.2) is 27.0 Å². The van der Waals surface area contributed by atoms with E-state index in [9.17, 15) is 14.4 Å². The first-order valence-electron chi connectivity index (χ1n) is 8.90. The first-order valence-corrected chi connectivity index (χ1v) is 10.7. The number of rotatable bonds is 4. The van der Waals surface area contributed by atoms with Crippen LogP contribution in [0.5, 0.6) is 0 Å². The Kier molecular flexibility index (Phi) is 5.07. The molecule has 3 heterocycles. The van der Waals surface area contributed by atoms with E-state index in [1.54, 1.807) is 11.3 Å². The topological polar surface area (TPSA) is 98.9 Å². The maximum atomic E-state index is 12.4. The van der Waals surface area contributed by atoms with Gasteiger partial charge in [0.25, 0.3) is 5.56 Å². The average molecular weight is 418 g/mol. The van der Waals surface area contributed by atoms with Gasteiger partial charge < -0.3 is 5.32 Å². The molecule has 0 saturated heterocycles. The molecule has 4 rings (SSSR count). The van der Waals surface area contributed by atoms with Gasteiger partial charge in [-0.2, -0.15) is 0 Å².